The van der Waals surface area contributed by atoms with Crippen molar-refractivity contribution < 1.29 is 9.90 Å². The van der Waals surface area contributed by atoms with Crippen molar-refractivity contribution in [1.29, 1.82) is 5.26 Å². The Kier molecular flexibility index (Phi) is 3.24. The van der Waals surface area contributed by atoms with Gasteiger partial charge in [-0.3, -0.25) is 4.79 Å². The lowest BCUT2D eigenvalue weighted by molar-refractivity contribution is 0.0729. The van der Waals surface area contributed by atoms with Gasteiger partial charge in [0.25, 0.3) is 5.91 Å². The highest BCUT2D eigenvalue weighted by atomic mass is 32.1. The highest BCUT2D eigenvalue weighted by Gasteiger charge is 2.25. The summed E-state index contributed by atoms with van der Waals surface area (Å²) in [5.41, 5.74) is 0.642. The van der Waals surface area contributed by atoms with Crippen LogP contribution >= 0.6 is 11.3 Å². The maximum absolute atomic E-state index is 12.5. The van der Waals surface area contributed by atoms with Crippen LogP contribution in [0.15, 0.2) is 6.20 Å². The van der Waals surface area contributed by atoms with E-state index in [0.29, 0.717) is 15.2 Å². The molecule has 1 N–H and O–H groups in total. The number of piperidine rings is 1. The summed E-state index contributed by atoms with van der Waals surface area (Å²) in [6, 6.07) is 2.04. The number of aromatic nitrogens is 2. The fourth-order valence-corrected chi connectivity index (χ4v) is 3.40. The molecule has 7 heteroatoms. The fraction of sp³-hybridized carbons (Fsp3) is 0.385. The number of rotatable bonds is 1. The van der Waals surface area contributed by atoms with E-state index in [0.717, 1.165) is 43.7 Å². The van der Waals surface area contributed by atoms with Gasteiger partial charge in [-0.05, 0) is 19.3 Å². The minimum atomic E-state index is -0.208. The summed E-state index contributed by atoms with van der Waals surface area (Å²) in [5.74, 6) is -0.342. The van der Waals surface area contributed by atoms with Crippen LogP contribution in [0.4, 0.5) is 0 Å². The molecule has 0 unspecified atom stereocenters. The van der Waals surface area contributed by atoms with Gasteiger partial charge in [0.2, 0.25) is 5.88 Å². The Morgan fingerprint density at radius 2 is 2.15 bits per heavy atom. The standard InChI is InChI=1S/C13H12N4O2S/c14-6-8-10-12(16-9(18)7-15-10)20-11(8)13(19)17-4-2-1-3-5-17/h7H,1-5H2,(H,16,18). The van der Waals surface area contributed by atoms with Gasteiger partial charge in [0.15, 0.2) is 0 Å². The van der Waals surface area contributed by atoms with Crippen LogP contribution in [0.2, 0.25) is 0 Å². The third-order valence-electron chi connectivity index (χ3n) is 3.34. The molecule has 1 aliphatic heterocycles. The maximum Gasteiger partial charge on any atom is 0.265 e. The van der Waals surface area contributed by atoms with Crippen LogP contribution in [0.1, 0.15) is 34.5 Å². The van der Waals surface area contributed by atoms with Gasteiger partial charge in [-0.2, -0.15) is 10.2 Å². The third-order valence-corrected chi connectivity index (χ3v) is 4.40. The Balaban J connectivity index is 2.06. The highest BCUT2D eigenvalue weighted by Crippen LogP contribution is 2.30. The van der Waals surface area contributed by atoms with Crippen LogP contribution in [0.3, 0.4) is 0 Å². The topological polar surface area (TPSA) is 90.1 Å². The lowest BCUT2D eigenvalue weighted by Gasteiger charge is -2.26. The average molecular weight is 288 g/mol. The molecule has 0 saturated carbocycles. The molecule has 6 nitrogen and oxygen atoms in total. The first-order valence-corrected chi connectivity index (χ1v) is 7.20. The van der Waals surface area contributed by atoms with E-state index in [-0.39, 0.29) is 17.4 Å². The minimum absolute atomic E-state index is 0.134. The largest absolute Gasteiger partial charge is 0.492 e. The first kappa shape index (κ1) is 12.8. The summed E-state index contributed by atoms with van der Waals surface area (Å²) in [6.07, 6.45) is 4.31. The molecule has 0 radical (unpaired) electrons. The molecule has 0 atom stereocenters. The molecule has 0 aromatic carbocycles. The van der Waals surface area contributed by atoms with E-state index in [4.69, 9.17) is 0 Å². The van der Waals surface area contributed by atoms with Crippen LogP contribution in [0.25, 0.3) is 10.3 Å². The quantitative estimate of drug-likeness (QED) is 0.865. The van der Waals surface area contributed by atoms with Gasteiger partial charge in [0.1, 0.15) is 26.9 Å². The van der Waals surface area contributed by atoms with E-state index in [1.807, 2.05) is 6.07 Å². The van der Waals surface area contributed by atoms with Gasteiger partial charge in [-0.15, -0.1) is 11.3 Å². The molecule has 20 heavy (non-hydrogen) atoms. The molecule has 3 rings (SSSR count). The van der Waals surface area contributed by atoms with E-state index < -0.39 is 0 Å². The second-order valence-electron chi connectivity index (χ2n) is 4.65. The highest BCUT2D eigenvalue weighted by molar-refractivity contribution is 7.20. The number of aromatic hydroxyl groups is 1. The number of thiophene rings is 1. The normalized spacial score (nSPS) is 15.2. The lowest BCUT2D eigenvalue weighted by Crippen LogP contribution is -2.35. The van der Waals surface area contributed by atoms with Crippen molar-refractivity contribution >= 4 is 27.6 Å². The van der Waals surface area contributed by atoms with Gasteiger partial charge in [0.05, 0.1) is 6.20 Å². The summed E-state index contributed by atoms with van der Waals surface area (Å²) in [6.45, 7) is 1.45. The zero-order valence-electron chi connectivity index (χ0n) is 10.7. The zero-order valence-corrected chi connectivity index (χ0v) is 11.5. The van der Waals surface area contributed by atoms with E-state index >= 15 is 0 Å². The molecular formula is C13H12N4O2S. The Morgan fingerprint density at radius 1 is 1.40 bits per heavy atom. The van der Waals surface area contributed by atoms with Gasteiger partial charge in [-0.1, -0.05) is 0 Å². The van der Waals surface area contributed by atoms with Crippen molar-refractivity contribution in [3.63, 3.8) is 0 Å². The van der Waals surface area contributed by atoms with Crippen molar-refractivity contribution in [2.75, 3.05) is 13.1 Å². The van der Waals surface area contributed by atoms with Gasteiger partial charge < -0.3 is 10.0 Å². The van der Waals surface area contributed by atoms with Gasteiger partial charge in [-0.25, -0.2) is 4.98 Å². The van der Waals surface area contributed by atoms with Crippen molar-refractivity contribution in [3.05, 3.63) is 16.6 Å². The molecule has 1 amide bonds. The monoisotopic (exact) mass is 288 g/mol. The summed E-state index contributed by atoms with van der Waals surface area (Å²) in [7, 11) is 0. The Labute approximate surface area is 119 Å². The molecule has 3 heterocycles. The number of hydrogen-bond acceptors (Lipinski definition) is 6. The van der Waals surface area contributed by atoms with Crippen LogP contribution in [0.5, 0.6) is 5.88 Å². The van der Waals surface area contributed by atoms with E-state index in [2.05, 4.69) is 9.97 Å². The third kappa shape index (κ3) is 2.08. The van der Waals surface area contributed by atoms with Crippen molar-refractivity contribution in [3.8, 4) is 11.9 Å². The molecule has 0 spiro atoms. The molecule has 1 fully saturated rings. The second-order valence-corrected chi connectivity index (χ2v) is 5.65. The van der Waals surface area contributed by atoms with Gasteiger partial charge >= 0.3 is 0 Å². The summed E-state index contributed by atoms with van der Waals surface area (Å²) < 4.78 is 0. The summed E-state index contributed by atoms with van der Waals surface area (Å²) in [5, 5.41) is 18.6. The molecule has 1 aliphatic rings. The fourth-order valence-electron chi connectivity index (χ4n) is 2.36. The predicted octanol–water partition coefficient (Wildman–Crippen LogP) is 1.89. The smallest absolute Gasteiger partial charge is 0.265 e. The molecular weight excluding hydrogens is 276 g/mol. The number of amides is 1. The number of carbonyl (C=O) groups is 1. The number of nitriles is 1. The molecule has 102 valence electrons. The Morgan fingerprint density at radius 3 is 2.85 bits per heavy atom. The minimum Gasteiger partial charge on any atom is -0.492 e. The molecule has 2 aromatic rings. The van der Waals surface area contributed by atoms with Gasteiger partial charge in [0, 0.05) is 13.1 Å². The predicted molar refractivity (Wildman–Crippen MR) is 73.5 cm³/mol. The number of likely N-dealkylation sites (tertiary alicyclic amines) is 1. The van der Waals surface area contributed by atoms with E-state index in [1.165, 1.54) is 6.20 Å². The Bertz CT molecular complexity index is 713. The molecule has 1 saturated heterocycles. The van der Waals surface area contributed by atoms with Crippen molar-refractivity contribution in [1.82, 2.24) is 14.9 Å². The number of nitrogens with zero attached hydrogens (tertiary/aromatic N) is 4. The summed E-state index contributed by atoms with van der Waals surface area (Å²) >= 11 is 1.12. The lowest BCUT2D eigenvalue weighted by atomic mass is 10.1. The molecule has 0 aliphatic carbocycles. The second kappa shape index (κ2) is 5.06. The van der Waals surface area contributed by atoms with Crippen LogP contribution in [0, 0.1) is 11.3 Å². The first-order chi connectivity index (χ1) is 9.70. The van der Waals surface area contributed by atoms with Crippen molar-refractivity contribution in [2.45, 2.75) is 19.3 Å². The molecule has 0 bridgehead atoms. The van der Waals surface area contributed by atoms with Crippen LogP contribution < -0.4 is 0 Å². The first-order valence-electron chi connectivity index (χ1n) is 6.38. The SMILES string of the molecule is N#Cc1c(C(=O)N2CCCCC2)sc2nc(O)cnc12. The zero-order chi connectivity index (χ0) is 14.1. The number of fused-ring (bicyclic) bond motifs is 1. The van der Waals surface area contributed by atoms with E-state index in [9.17, 15) is 15.2 Å². The summed E-state index contributed by atoms with van der Waals surface area (Å²) in [4.78, 5) is 23.0. The maximum atomic E-state index is 12.5. The Hall–Kier alpha value is -2.20. The molecule has 2 aromatic heterocycles. The van der Waals surface area contributed by atoms with Crippen molar-refractivity contribution in [2.24, 2.45) is 0 Å². The number of hydrogen-bond donors (Lipinski definition) is 1. The van der Waals surface area contributed by atoms with Crippen LogP contribution in [-0.4, -0.2) is 39.0 Å². The van der Waals surface area contributed by atoms with E-state index in [1.54, 1.807) is 4.90 Å². The average Bonchev–Trinajstić information content (AvgIpc) is 2.84. The number of carbonyl (C=O) groups excluding carboxylic acids is 1. The van der Waals surface area contributed by atoms with Crippen LogP contribution in [-0.2, 0) is 0 Å².